The fourth-order valence-corrected chi connectivity index (χ4v) is 2.00. The maximum atomic E-state index is 13.6. The van der Waals surface area contributed by atoms with Crippen LogP contribution in [0, 0.1) is 5.82 Å². The second kappa shape index (κ2) is 5.50. The van der Waals surface area contributed by atoms with Crippen molar-refractivity contribution in [2.24, 2.45) is 0 Å². The van der Waals surface area contributed by atoms with E-state index in [2.05, 4.69) is 10.6 Å². The van der Waals surface area contributed by atoms with Crippen molar-refractivity contribution in [2.75, 3.05) is 17.7 Å². The fourth-order valence-electron chi connectivity index (χ4n) is 1.41. The molecule has 0 unspecified atom stereocenters. The van der Waals surface area contributed by atoms with Crippen LogP contribution in [0.3, 0.4) is 0 Å². The van der Waals surface area contributed by atoms with Crippen LogP contribution in [0.1, 0.15) is 0 Å². The molecular weight excluding hydrogens is 255 g/mol. The van der Waals surface area contributed by atoms with Gasteiger partial charge in [-0.05, 0) is 23.6 Å². The molecule has 0 spiro atoms. The van der Waals surface area contributed by atoms with Crippen molar-refractivity contribution in [3.63, 3.8) is 0 Å². The number of nitrogens with one attached hydrogen (secondary N) is 2. The van der Waals surface area contributed by atoms with Crippen molar-refractivity contribution in [3.8, 4) is 5.75 Å². The summed E-state index contributed by atoms with van der Waals surface area (Å²) < 4.78 is 18.5. The molecule has 2 amide bonds. The molecule has 0 saturated carbocycles. The maximum absolute atomic E-state index is 13.6. The lowest BCUT2D eigenvalue weighted by atomic mass is 10.3. The Labute approximate surface area is 107 Å². The van der Waals surface area contributed by atoms with Gasteiger partial charge in [-0.25, -0.2) is 9.18 Å². The number of urea groups is 1. The van der Waals surface area contributed by atoms with E-state index in [1.54, 1.807) is 17.5 Å². The maximum Gasteiger partial charge on any atom is 0.323 e. The summed E-state index contributed by atoms with van der Waals surface area (Å²) in [6.45, 7) is 0. The Kier molecular flexibility index (Phi) is 3.78. The van der Waals surface area contributed by atoms with E-state index in [1.807, 2.05) is 5.38 Å². The molecule has 6 heteroatoms. The summed E-state index contributed by atoms with van der Waals surface area (Å²) in [7, 11) is 1.41. The van der Waals surface area contributed by atoms with Crippen LogP contribution in [0.4, 0.5) is 20.6 Å². The molecule has 1 aromatic heterocycles. The molecule has 2 N–H and O–H groups in total. The highest BCUT2D eigenvalue weighted by molar-refractivity contribution is 7.08. The summed E-state index contributed by atoms with van der Waals surface area (Å²) in [5.41, 5.74) is 0.681. The molecule has 94 valence electrons. The number of hydrogen-bond donors (Lipinski definition) is 2. The Morgan fingerprint density at radius 3 is 2.83 bits per heavy atom. The van der Waals surface area contributed by atoms with Crippen LogP contribution in [0.15, 0.2) is 35.0 Å². The molecular formula is C12H11FN2O2S. The molecule has 0 fully saturated rings. The molecule has 0 atom stereocenters. The van der Waals surface area contributed by atoms with Crippen molar-refractivity contribution in [2.45, 2.75) is 0 Å². The van der Waals surface area contributed by atoms with Crippen molar-refractivity contribution < 1.29 is 13.9 Å². The van der Waals surface area contributed by atoms with Gasteiger partial charge in [-0.1, -0.05) is 6.07 Å². The molecule has 2 rings (SSSR count). The number of rotatable bonds is 3. The number of anilines is 2. The predicted octanol–water partition coefficient (Wildman–Crippen LogP) is 3.54. The van der Waals surface area contributed by atoms with Crippen molar-refractivity contribution in [3.05, 3.63) is 40.8 Å². The van der Waals surface area contributed by atoms with Gasteiger partial charge < -0.3 is 15.4 Å². The first-order valence-electron chi connectivity index (χ1n) is 5.13. The van der Waals surface area contributed by atoms with Gasteiger partial charge in [0.25, 0.3) is 0 Å². The largest absolute Gasteiger partial charge is 0.494 e. The third kappa shape index (κ3) is 2.78. The van der Waals surface area contributed by atoms with Gasteiger partial charge in [0.15, 0.2) is 5.82 Å². The minimum absolute atomic E-state index is 0.0210. The standard InChI is InChI=1S/C12H11FN2O2S/c1-17-10-4-2-3-9(13)11(10)15-12(16)14-8-5-6-18-7-8/h2-7H,1H3,(H2,14,15,16). The number of carbonyl (C=O) groups excluding carboxylic acids is 1. The third-order valence-corrected chi connectivity index (χ3v) is 2.90. The highest BCUT2D eigenvalue weighted by atomic mass is 32.1. The first kappa shape index (κ1) is 12.4. The van der Waals surface area contributed by atoms with Gasteiger partial charge in [0.1, 0.15) is 11.4 Å². The van der Waals surface area contributed by atoms with Crippen LogP contribution in [0.25, 0.3) is 0 Å². The van der Waals surface area contributed by atoms with Gasteiger partial charge in [-0.2, -0.15) is 11.3 Å². The summed E-state index contributed by atoms with van der Waals surface area (Å²) in [6, 6.07) is 5.57. The zero-order valence-electron chi connectivity index (χ0n) is 9.57. The summed E-state index contributed by atoms with van der Waals surface area (Å²) in [5, 5.41) is 8.62. The average Bonchev–Trinajstić information content (AvgIpc) is 2.84. The molecule has 0 aliphatic carbocycles. The SMILES string of the molecule is COc1cccc(F)c1NC(=O)Nc1ccsc1. The van der Waals surface area contributed by atoms with Gasteiger partial charge in [-0.15, -0.1) is 0 Å². The Morgan fingerprint density at radius 2 is 2.17 bits per heavy atom. The molecule has 18 heavy (non-hydrogen) atoms. The number of carbonyl (C=O) groups is 1. The van der Waals surface area contributed by atoms with Crippen molar-refractivity contribution in [1.82, 2.24) is 0 Å². The average molecular weight is 266 g/mol. The Balaban J connectivity index is 2.11. The number of hydrogen-bond acceptors (Lipinski definition) is 3. The first-order chi connectivity index (χ1) is 8.70. The van der Waals surface area contributed by atoms with E-state index < -0.39 is 11.8 Å². The molecule has 0 aliphatic heterocycles. The number of para-hydroxylation sites is 1. The minimum Gasteiger partial charge on any atom is -0.494 e. The lowest BCUT2D eigenvalue weighted by Crippen LogP contribution is -2.20. The Morgan fingerprint density at radius 1 is 1.33 bits per heavy atom. The molecule has 0 bridgehead atoms. The number of benzene rings is 1. The lowest BCUT2D eigenvalue weighted by Gasteiger charge is -2.11. The third-order valence-electron chi connectivity index (χ3n) is 2.21. The fraction of sp³-hybridized carbons (Fsp3) is 0.0833. The number of ether oxygens (including phenoxy) is 1. The van der Waals surface area contributed by atoms with E-state index >= 15 is 0 Å². The molecule has 1 aromatic carbocycles. The topological polar surface area (TPSA) is 50.4 Å². The Bertz CT molecular complexity index is 543. The first-order valence-corrected chi connectivity index (χ1v) is 6.07. The number of methoxy groups -OCH3 is 1. The summed E-state index contributed by atoms with van der Waals surface area (Å²) in [6.07, 6.45) is 0. The van der Waals surface area contributed by atoms with E-state index in [4.69, 9.17) is 4.74 Å². The lowest BCUT2D eigenvalue weighted by molar-refractivity contribution is 0.262. The van der Waals surface area contributed by atoms with Gasteiger partial charge in [0, 0.05) is 5.38 Å². The Hall–Kier alpha value is -2.08. The molecule has 0 saturated heterocycles. The van der Waals surface area contributed by atoms with Gasteiger partial charge in [0.2, 0.25) is 0 Å². The van der Waals surface area contributed by atoms with Crippen LogP contribution in [-0.4, -0.2) is 13.1 Å². The molecule has 0 aliphatic rings. The molecule has 2 aromatic rings. The smallest absolute Gasteiger partial charge is 0.323 e. The van der Waals surface area contributed by atoms with Gasteiger partial charge >= 0.3 is 6.03 Å². The van der Waals surface area contributed by atoms with E-state index in [-0.39, 0.29) is 11.4 Å². The van der Waals surface area contributed by atoms with Crippen LogP contribution >= 0.6 is 11.3 Å². The molecule has 4 nitrogen and oxygen atoms in total. The summed E-state index contributed by atoms with van der Waals surface area (Å²) in [5.74, 6) is -0.273. The number of amides is 2. The highest BCUT2D eigenvalue weighted by Gasteiger charge is 2.12. The van der Waals surface area contributed by atoms with Gasteiger partial charge in [-0.3, -0.25) is 0 Å². The normalized spacial score (nSPS) is 9.89. The number of halogens is 1. The highest BCUT2D eigenvalue weighted by Crippen LogP contribution is 2.27. The summed E-state index contributed by atoms with van der Waals surface area (Å²) >= 11 is 1.46. The number of thiophene rings is 1. The van der Waals surface area contributed by atoms with Gasteiger partial charge in [0.05, 0.1) is 12.8 Å². The monoisotopic (exact) mass is 266 g/mol. The van der Waals surface area contributed by atoms with Crippen molar-refractivity contribution >= 4 is 28.7 Å². The summed E-state index contributed by atoms with van der Waals surface area (Å²) in [4.78, 5) is 11.7. The van der Waals surface area contributed by atoms with Crippen LogP contribution < -0.4 is 15.4 Å². The quantitative estimate of drug-likeness (QED) is 0.892. The van der Waals surface area contributed by atoms with Crippen LogP contribution in [-0.2, 0) is 0 Å². The zero-order valence-corrected chi connectivity index (χ0v) is 10.4. The van der Waals surface area contributed by atoms with Crippen molar-refractivity contribution in [1.29, 1.82) is 0 Å². The van der Waals surface area contributed by atoms with Crippen LogP contribution in [0.2, 0.25) is 0 Å². The predicted molar refractivity (Wildman–Crippen MR) is 69.9 cm³/mol. The zero-order chi connectivity index (χ0) is 13.0. The van der Waals surface area contributed by atoms with E-state index in [0.29, 0.717) is 5.69 Å². The molecule has 1 heterocycles. The molecule has 0 radical (unpaired) electrons. The second-order valence-corrected chi connectivity index (χ2v) is 4.19. The van der Waals surface area contributed by atoms with Crippen LogP contribution in [0.5, 0.6) is 5.75 Å². The van der Waals surface area contributed by atoms with E-state index in [9.17, 15) is 9.18 Å². The van der Waals surface area contributed by atoms with E-state index in [0.717, 1.165) is 0 Å². The second-order valence-electron chi connectivity index (χ2n) is 3.41. The van der Waals surface area contributed by atoms with E-state index in [1.165, 1.54) is 30.6 Å². The minimum atomic E-state index is -0.546.